The van der Waals surface area contributed by atoms with E-state index in [9.17, 15) is 0 Å². The Morgan fingerprint density at radius 1 is 1.32 bits per heavy atom. The van der Waals surface area contributed by atoms with Crippen LogP contribution in [0.5, 0.6) is 0 Å². The maximum Gasteiger partial charge on any atom is 0.240 e. The maximum atomic E-state index is 5.46. The fraction of sp³-hybridized carbons (Fsp3) is 0.538. The zero-order valence-corrected chi connectivity index (χ0v) is 12.9. The lowest BCUT2D eigenvalue weighted by Crippen LogP contribution is -2.34. The average Bonchev–Trinajstić information content (AvgIpc) is 2.75. The molecule has 5 nitrogen and oxygen atoms in total. The average molecular weight is 279 g/mol. The van der Waals surface area contributed by atoms with Crippen LogP contribution in [0.2, 0.25) is 0 Å². The number of hydrogen-bond acceptors (Lipinski definition) is 6. The van der Waals surface area contributed by atoms with Gasteiger partial charge in [0, 0.05) is 18.0 Å². The van der Waals surface area contributed by atoms with Gasteiger partial charge in [-0.15, -0.1) is 11.3 Å². The summed E-state index contributed by atoms with van der Waals surface area (Å²) in [5, 5.41) is 1.09. The molecular weight excluding hydrogens is 258 g/mol. The Balaban J connectivity index is 2.56. The van der Waals surface area contributed by atoms with Gasteiger partial charge in [0.25, 0.3) is 0 Å². The highest BCUT2D eigenvalue weighted by Crippen LogP contribution is 2.32. The molecule has 0 aliphatic carbocycles. The molecule has 19 heavy (non-hydrogen) atoms. The number of fused-ring (bicyclic) bond motifs is 1. The molecule has 0 aromatic carbocycles. The molecule has 6 heteroatoms. The number of nitrogens with one attached hydrogen (secondary N) is 1. The second kappa shape index (κ2) is 5.30. The molecule has 104 valence electrons. The highest BCUT2D eigenvalue weighted by molar-refractivity contribution is 7.18. The Morgan fingerprint density at radius 2 is 2.00 bits per heavy atom. The number of hydrazine groups is 1. The molecule has 0 bridgehead atoms. The summed E-state index contributed by atoms with van der Waals surface area (Å²) in [7, 11) is 2.07. The maximum absolute atomic E-state index is 5.46. The van der Waals surface area contributed by atoms with E-state index >= 15 is 0 Å². The molecule has 0 amide bonds. The lowest BCUT2D eigenvalue weighted by Gasteiger charge is -2.29. The Morgan fingerprint density at radius 3 is 2.58 bits per heavy atom. The standard InChI is InChI=1S/C13H21N5S/c1-7(2)9(4)18(5)11-10-6-8(3)19-12(10)16-13(15-11)17-14/h6-7,9H,14H2,1-5H3,(H,15,16,17). The molecule has 0 spiro atoms. The van der Waals surface area contributed by atoms with Crippen LogP contribution in [0, 0.1) is 12.8 Å². The molecule has 1 unspecified atom stereocenters. The molecule has 0 aliphatic rings. The summed E-state index contributed by atoms with van der Waals surface area (Å²) in [6.45, 7) is 8.70. The minimum absolute atomic E-state index is 0.393. The molecule has 0 fully saturated rings. The van der Waals surface area contributed by atoms with Gasteiger partial charge < -0.3 is 4.90 Å². The summed E-state index contributed by atoms with van der Waals surface area (Å²) >= 11 is 1.66. The van der Waals surface area contributed by atoms with Gasteiger partial charge in [-0.05, 0) is 25.8 Å². The molecule has 2 rings (SSSR count). The highest BCUT2D eigenvalue weighted by atomic mass is 32.1. The molecule has 2 aromatic heterocycles. The fourth-order valence-electron chi connectivity index (χ4n) is 2.00. The second-order valence-electron chi connectivity index (χ2n) is 5.19. The summed E-state index contributed by atoms with van der Waals surface area (Å²) in [6.07, 6.45) is 0. The molecule has 0 saturated carbocycles. The van der Waals surface area contributed by atoms with Crippen molar-refractivity contribution in [3.8, 4) is 0 Å². The smallest absolute Gasteiger partial charge is 0.240 e. The molecule has 0 radical (unpaired) electrons. The van der Waals surface area contributed by atoms with Crippen LogP contribution in [-0.2, 0) is 0 Å². The van der Waals surface area contributed by atoms with Crippen LogP contribution in [0.1, 0.15) is 25.6 Å². The fourth-order valence-corrected chi connectivity index (χ4v) is 2.87. The summed E-state index contributed by atoms with van der Waals surface area (Å²) < 4.78 is 0. The number of rotatable bonds is 4. The first kappa shape index (κ1) is 14.0. The summed E-state index contributed by atoms with van der Waals surface area (Å²) in [4.78, 5) is 13.3. The van der Waals surface area contributed by atoms with E-state index in [1.165, 1.54) is 4.88 Å². The van der Waals surface area contributed by atoms with Gasteiger partial charge in [0.05, 0.1) is 5.39 Å². The lowest BCUT2D eigenvalue weighted by molar-refractivity contribution is 0.503. The summed E-state index contributed by atoms with van der Waals surface area (Å²) in [5.41, 5.74) is 2.55. The van der Waals surface area contributed by atoms with E-state index in [-0.39, 0.29) is 0 Å². The number of nitrogens with two attached hydrogens (primary N) is 1. The third kappa shape index (κ3) is 2.64. The van der Waals surface area contributed by atoms with Crippen molar-refractivity contribution in [2.24, 2.45) is 11.8 Å². The third-order valence-corrected chi connectivity index (χ3v) is 4.48. The van der Waals surface area contributed by atoms with Crippen molar-refractivity contribution in [3.63, 3.8) is 0 Å². The molecule has 1 atom stereocenters. The van der Waals surface area contributed by atoms with Crippen molar-refractivity contribution in [1.29, 1.82) is 0 Å². The number of thiophene rings is 1. The number of hydrogen-bond donors (Lipinski definition) is 2. The van der Waals surface area contributed by atoms with Crippen molar-refractivity contribution >= 4 is 33.3 Å². The SMILES string of the molecule is Cc1cc2c(N(C)C(C)C(C)C)nc(NN)nc2s1. The molecule has 0 aliphatic heterocycles. The topological polar surface area (TPSA) is 67.1 Å². The summed E-state index contributed by atoms with van der Waals surface area (Å²) in [6, 6.07) is 2.53. The van der Waals surface area contributed by atoms with Crippen LogP contribution in [0.4, 0.5) is 11.8 Å². The van der Waals surface area contributed by atoms with Crippen molar-refractivity contribution < 1.29 is 0 Å². The van der Waals surface area contributed by atoms with Gasteiger partial charge in [-0.1, -0.05) is 13.8 Å². The Hall–Kier alpha value is -1.40. The predicted octanol–water partition coefficient (Wildman–Crippen LogP) is 2.77. The van der Waals surface area contributed by atoms with Gasteiger partial charge in [-0.3, -0.25) is 5.43 Å². The van der Waals surface area contributed by atoms with Crippen molar-refractivity contribution in [3.05, 3.63) is 10.9 Å². The number of nitrogens with zero attached hydrogens (tertiary/aromatic N) is 3. The van der Waals surface area contributed by atoms with Crippen LogP contribution in [-0.4, -0.2) is 23.1 Å². The van der Waals surface area contributed by atoms with Crippen molar-refractivity contribution in [2.75, 3.05) is 17.4 Å². The molecule has 0 saturated heterocycles. The predicted molar refractivity (Wildman–Crippen MR) is 82.7 cm³/mol. The van der Waals surface area contributed by atoms with Gasteiger partial charge in [-0.2, -0.15) is 4.98 Å². The molecular formula is C13H21N5S. The Kier molecular flexibility index (Phi) is 3.91. The van der Waals surface area contributed by atoms with E-state index in [4.69, 9.17) is 5.84 Å². The van der Waals surface area contributed by atoms with Crippen molar-refractivity contribution in [2.45, 2.75) is 33.7 Å². The van der Waals surface area contributed by atoms with Crippen LogP contribution in [0.25, 0.3) is 10.2 Å². The van der Waals surface area contributed by atoms with Gasteiger partial charge in [0.15, 0.2) is 0 Å². The normalized spacial score (nSPS) is 13.0. The van der Waals surface area contributed by atoms with Gasteiger partial charge in [0.1, 0.15) is 10.6 Å². The first-order chi connectivity index (χ1) is 8.93. The molecule has 2 aromatic rings. The van der Waals surface area contributed by atoms with E-state index in [0.29, 0.717) is 17.9 Å². The Labute approximate surface area is 117 Å². The first-order valence-corrected chi connectivity index (χ1v) is 7.23. The number of aromatic nitrogens is 2. The van der Waals surface area contributed by atoms with E-state index in [0.717, 1.165) is 16.0 Å². The van der Waals surface area contributed by atoms with Crippen LogP contribution < -0.4 is 16.2 Å². The zero-order valence-electron chi connectivity index (χ0n) is 12.1. The second-order valence-corrected chi connectivity index (χ2v) is 6.42. The largest absolute Gasteiger partial charge is 0.356 e. The van der Waals surface area contributed by atoms with Gasteiger partial charge in [0.2, 0.25) is 5.95 Å². The van der Waals surface area contributed by atoms with Crippen molar-refractivity contribution in [1.82, 2.24) is 9.97 Å². The van der Waals surface area contributed by atoms with E-state index in [1.54, 1.807) is 11.3 Å². The van der Waals surface area contributed by atoms with E-state index < -0.39 is 0 Å². The molecule has 2 heterocycles. The van der Waals surface area contributed by atoms with Gasteiger partial charge >= 0.3 is 0 Å². The van der Waals surface area contributed by atoms with Gasteiger partial charge in [-0.25, -0.2) is 10.8 Å². The quantitative estimate of drug-likeness (QED) is 0.665. The van der Waals surface area contributed by atoms with Crippen LogP contribution >= 0.6 is 11.3 Å². The molecule has 3 N–H and O–H groups in total. The Bertz CT molecular complexity index is 578. The van der Waals surface area contributed by atoms with E-state index in [2.05, 4.69) is 61.1 Å². The third-order valence-electron chi connectivity index (χ3n) is 3.53. The first-order valence-electron chi connectivity index (χ1n) is 6.41. The number of anilines is 2. The monoisotopic (exact) mass is 279 g/mol. The summed E-state index contributed by atoms with van der Waals surface area (Å²) in [5.74, 6) is 7.41. The zero-order chi connectivity index (χ0) is 14.2. The number of nitrogen functional groups attached to an aromatic ring is 1. The minimum Gasteiger partial charge on any atom is -0.356 e. The van der Waals surface area contributed by atoms with Crippen LogP contribution in [0.3, 0.4) is 0 Å². The highest BCUT2D eigenvalue weighted by Gasteiger charge is 2.19. The lowest BCUT2D eigenvalue weighted by atomic mass is 10.1. The van der Waals surface area contributed by atoms with Crippen LogP contribution in [0.15, 0.2) is 6.07 Å². The van der Waals surface area contributed by atoms with E-state index in [1.807, 2.05) is 0 Å². The minimum atomic E-state index is 0.393. The number of aryl methyl sites for hydroxylation is 1.